The van der Waals surface area contributed by atoms with Gasteiger partial charge in [-0.3, -0.25) is 0 Å². The third-order valence-electron chi connectivity index (χ3n) is 3.13. The van der Waals surface area contributed by atoms with Crippen LogP contribution in [0.5, 0.6) is 5.75 Å². The zero-order valence-corrected chi connectivity index (χ0v) is 12.5. The van der Waals surface area contributed by atoms with Crippen molar-refractivity contribution in [2.75, 3.05) is 0 Å². The van der Waals surface area contributed by atoms with Crippen molar-refractivity contribution in [2.45, 2.75) is 21.5 Å². The molecule has 1 unspecified atom stereocenters. The van der Waals surface area contributed by atoms with Gasteiger partial charge in [0.05, 0.1) is 0 Å². The van der Waals surface area contributed by atoms with Gasteiger partial charge in [0.25, 0.3) is 0 Å². The van der Waals surface area contributed by atoms with Gasteiger partial charge in [0.15, 0.2) is 0 Å². The zero-order valence-electron chi connectivity index (χ0n) is 10.2. The Balaban J connectivity index is 1.49. The Morgan fingerprint density at radius 2 is 1.78 bits per heavy atom. The summed E-state index contributed by atoms with van der Waals surface area (Å²) in [7, 11) is 0. The first-order chi connectivity index (χ1) is 8.92. The number of benzene rings is 2. The summed E-state index contributed by atoms with van der Waals surface area (Å²) in [6.45, 7) is 0. The van der Waals surface area contributed by atoms with Gasteiger partial charge < -0.3 is 0 Å². The van der Waals surface area contributed by atoms with Crippen molar-refractivity contribution in [1.82, 2.24) is 0 Å². The number of hydrogen-bond acceptors (Lipinski definition) is 1. The fraction of sp³-hybridized carbons (Fsp3) is 0.250. The molecule has 1 atom stereocenters. The molecule has 0 bridgehead atoms. The monoisotopic (exact) mass is 354 g/mol. The predicted octanol–water partition coefficient (Wildman–Crippen LogP) is 3.31. The summed E-state index contributed by atoms with van der Waals surface area (Å²) in [5, 5.41) is 0. The van der Waals surface area contributed by atoms with Crippen molar-refractivity contribution in [3.63, 3.8) is 0 Å². The molecule has 0 spiro atoms. The Kier molecular flexibility index (Phi) is 3.88. The number of ether oxygens (including phenoxy) is 1. The molecule has 18 heavy (non-hydrogen) atoms. The van der Waals surface area contributed by atoms with Gasteiger partial charge in [0.1, 0.15) is 0 Å². The molecule has 1 nitrogen and oxygen atoms in total. The molecule has 0 N–H and O–H groups in total. The van der Waals surface area contributed by atoms with Crippen molar-refractivity contribution in [3.05, 3.63) is 65.7 Å². The Morgan fingerprint density at radius 1 is 1.00 bits per heavy atom. The van der Waals surface area contributed by atoms with Crippen LogP contribution in [-0.4, -0.2) is 27.0 Å². The molecule has 0 fully saturated rings. The molecule has 1 aliphatic heterocycles. The van der Waals surface area contributed by atoms with E-state index < -0.39 is 0 Å². The second-order valence-electron chi connectivity index (χ2n) is 4.55. The standard InChI is InChI=1S/C16H16OTe/c1-2-6-13(7-3-1)11-18-12-15-10-14-8-4-5-9-16(14)17-15/h1-9,15H,10-12H2. The molecule has 2 aromatic rings. The maximum atomic E-state index is 5.98. The van der Waals surface area contributed by atoms with Gasteiger partial charge in [-0.15, -0.1) is 0 Å². The van der Waals surface area contributed by atoms with Gasteiger partial charge >= 0.3 is 119 Å². The van der Waals surface area contributed by atoms with E-state index in [1.807, 2.05) is 0 Å². The van der Waals surface area contributed by atoms with Crippen LogP contribution in [0.2, 0.25) is 4.47 Å². The van der Waals surface area contributed by atoms with E-state index in [-0.39, 0.29) is 20.9 Å². The molecule has 2 heteroatoms. The van der Waals surface area contributed by atoms with Crippen LogP contribution in [0.4, 0.5) is 0 Å². The molecule has 92 valence electrons. The van der Waals surface area contributed by atoms with E-state index in [1.54, 1.807) is 0 Å². The van der Waals surface area contributed by atoms with E-state index in [2.05, 4.69) is 54.6 Å². The third-order valence-corrected chi connectivity index (χ3v) is 6.40. The second kappa shape index (κ2) is 5.78. The van der Waals surface area contributed by atoms with Gasteiger partial charge in [-0.1, -0.05) is 0 Å². The maximum absolute atomic E-state index is 5.98. The topological polar surface area (TPSA) is 9.23 Å². The van der Waals surface area contributed by atoms with Crippen molar-refractivity contribution < 1.29 is 4.74 Å². The molecule has 0 radical (unpaired) electrons. The van der Waals surface area contributed by atoms with E-state index in [0.717, 1.165) is 12.2 Å². The Labute approximate surface area is 118 Å². The SMILES string of the molecule is c1ccc(C[Te]CC2Cc3ccccc3O2)cc1. The quantitative estimate of drug-likeness (QED) is 0.768. The van der Waals surface area contributed by atoms with Gasteiger partial charge in [0.2, 0.25) is 0 Å². The van der Waals surface area contributed by atoms with Crippen LogP contribution in [0.25, 0.3) is 0 Å². The molecule has 1 aliphatic rings. The fourth-order valence-electron chi connectivity index (χ4n) is 2.23. The first kappa shape index (κ1) is 12.1. The van der Waals surface area contributed by atoms with E-state index in [4.69, 9.17) is 4.74 Å². The molecule has 1 heterocycles. The van der Waals surface area contributed by atoms with Crippen LogP contribution < -0.4 is 4.74 Å². The van der Waals surface area contributed by atoms with Crippen molar-refractivity contribution in [3.8, 4) is 5.75 Å². The van der Waals surface area contributed by atoms with Gasteiger partial charge in [-0.25, -0.2) is 0 Å². The fourth-order valence-corrected chi connectivity index (χ4v) is 5.07. The summed E-state index contributed by atoms with van der Waals surface area (Å²) in [5.74, 6) is 1.11. The van der Waals surface area contributed by atoms with Gasteiger partial charge in [0, 0.05) is 0 Å². The molecule has 0 saturated carbocycles. The van der Waals surface area contributed by atoms with Crippen LogP contribution in [0.15, 0.2) is 54.6 Å². The van der Waals surface area contributed by atoms with Crippen LogP contribution in [0, 0.1) is 0 Å². The van der Waals surface area contributed by atoms with E-state index in [1.165, 1.54) is 20.1 Å². The van der Waals surface area contributed by atoms with Crippen LogP contribution >= 0.6 is 0 Å². The Morgan fingerprint density at radius 3 is 2.61 bits per heavy atom. The number of fused-ring (bicyclic) bond motifs is 1. The third kappa shape index (κ3) is 2.88. The molecular weight excluding hydrogens is 336 g/mol. The minimum absolute atomic E-state index is 0.0238. The average molecular weight is 352 g/mol. The van der Waals surface area contributed by atoms with Crippen LogP contribution in [-0.2, 0) is 10.9 Å². The van der Waals surface area contributed by atoms with Crippen LogP contribution in [0.1, 0.15) is 11.1 Å². The number of para-hydroxylation sites is 1. The Bertz CT molecular complexity index is 485. The molecule has 0 saturated heterocycles. The number of rotatable bonds is 4. The van der Waals surface area contributed by atoms with E-state index >= 15 is 0 Å². The molecule has 3 rings (SSSR count). The summed E-state index contributed by atoms with van der Waals surface area (Å²) >= 11 is 0.0238. The molecular formula is C16H16OTe. The molecule has 2 aromatic carbocycles. The summed E-state index contributed by atoms with van der Waals surface area (Å²) in [4.78, 5) is 0. The first-order valence-corrected chi connectivity index (χ1v) is 9.57. The molecule has 0 aromatic heterocycles. The normalized spacial score (nSPS) is 17.2. The van der Waals surface area contributed by atoms with Crippen molar-refractivity contribution in [1.29, 1.82) is 0 Å². The molecule has 0 amide bonds. The summed E-state index contributed by atoms with van der Waals surface area (Å²) in [6.07, 6.45) is 1.55. The minimum atomic E-state index is 0.0238. The summed E-state index contributed by atoms with van der Waals surface area (Å²) < 4.78 is 8.53. The number of hydrogen-bond donors (Lipinski definition) is 0. The van der Waals surface area contributed by atoms with E-state index in [9.17, 15) is 0 Å². The van der Waals surface area contributed by atoms with Gasteiger partial charge in [-0.05, 0) is 0 Å². The van der Waals surface area contributed by atoms with Crippen LogP contribution in [0.3, 0.4) is 0 Å². The van der Waals surface area contributed by atoms with Gasteiger partial charge in [-0.2, -0.15) is 0 Å². The van der Waals surface area contributed by atoms with Crippen molar-refractivity contribution >= 4 is 20.9 Å². The zero-order chi connectivity index (χ0) is 12.2. The summed E-state index contributed by atoms with van der Waals surface area (Å²) in [5.41, 5.74) is 2.87. The summed E-state index contributed by atoms with van der Waals surface area (Å²) in [6, 6.07) is 19.2. The average Bonchev–Trinajstić information content (AvgIpc) is 2.82. The predicted molar refractivity (Wildman–Crippen MR) is 75.3 cm³/mol. The molecule has 0 aliphatic carbocycles. The Hall–Kier alpha value is -0.970. The van der Waals surface area contributed by atoms with Crippen molar-refractivity contribution in [2.24, 2.45) is 0 Å². The van der Waals surface area contributed by atoms with E-state index in [0.29, 0.717) is 6.10 Å². The second-order valence-corrected chi connectivity index (χ2v) is 7.49. The first-order valence-electron chi connectivity index (χ1n) is 6.28.